The fraction of sp³-hybridized carbons (Fsp3) is 0.583. The van der Waals surface area contributed by atoms with E-state index in [9.17, 15) is 0 Å². The number of pyridine rings is 1. The van der Waals surface area contributed by atoms with Gasteiger partial charge < -0.3 is 10.1 Å². The van der Waals surface area contributed by atoms with E-state index in [0.717, 1.165) is 12.1 Å². The lowest BCUT2D eigenvalue weighted by Gasteiger charge is -2.19. The van der Waals surface area contributed by atoms with Crippen molar-refractivity contribution in [2.24, 2.45) is 0 Å². The first-order chi connectivity index (χ1) is 7.17. The van der Waals surface area contributed by atoms with Gasteiger partial charge in [-0.1, -0.05) is 6.07 Å². The Morgan fingerprint density at radius 1 is 1.47 bits per heavy atom. The molecule has 0 saturated heterocycles. The van der Waals surface area contributed by atoms with E-state index in [1.807, 2.05) is 26.2 Å². The average Bonchev–Trinajstić information content (AvgIpc) is 2.27. The lowest BCUT2D eigenvalue weighted by molar-refractivity contribution is 0.101. The Morgan fingerprint density at radius 2 is 2.20 bits per heavy atom. The van der Waals surface area contributed by atoms with Crippen LogP contribution in [0.5, 0.6) is 0 Å². The third-order valence-corrected chi connectivity index (χ3v) is 2.66. The van der Waals surface area contributed by atoms with Crippen LogP contribution in [0.4, 0.5) is 0 Å². The monoisotopic (exact) mass is 208 g/mol. The SMILES string of the molecule is CNC(CC(C)OC)c1ccc(C)nc1. The van der Waals surface area contributed by atoms with E-state index in [2.05, 4.69) is 23.3 Å². The largest absolute Gasteiger partial charge is 0.382 e. The minimum absolute atomic E-state index is 0.253. The Bertz CT molecular complexity index is 284. The summed E-state index contributed by atoms with van der Waals surface area (Å²) in [5.41, 5.74) is 2.26. The molecule has 0 spiro atoms. The molecule has 1 heterocycles. The summed E-state index contributed by atoms with van der Waals surface area (Å²) < 4.78 is 5.27. The molecular formula is C12H20N2O. The van der Waals surface area contributed by atoms with Gasteiger partial charge in [0.1, 0.15) is 0 Å². The molecule has 0 aliphatic heterocycles. The number of hydrogen-bond acceptors (Lipinski definition) is 3. The van der Waals surface area contributed by atoms with Crippen molar-refractivity contribution in [1.82, 2.24) is 10.3 Å². The van der Waals surface area contributed by atoms with Crippen LogP contribution in [-0.2, 0) is 4.74 Å². The van der Waals surface area contributed by atoms with E-state index < -0.39 is 0 Å². The number of nitrogens with one attached hydrogen (secondary N) is 1. The lowest BCUT2D eigenvalue weighted by Crippen LogP contribution is -2.22. The third-order valence-electron chi connectivity index (χ3n) is 2.66. The topological polar surface area (TPSA) is 34.1 Å². The number of rotatable bonds is 5. The minimum atomic E-state index is 0.253. The highest BCUT2D eigenvalue weighted by Crippen LogP contribution is 2.18. The Kier molecular flexibility index (Phi) is 4.72. The molecule has 3 nitrogen and oxygen atoms in total. The molecule has 0 saturated carbocycles. The second kappa shape index (κ2) is 5.83. The zero-order chi connectivity index (χ0) is 11.3. The Hall–Kier alpha value is -0.930. The average molecular weight is 208 g/mol. The molecule has 0 aromatic carbocycles. The van der Waals surface area contributed by atoms with Crippen LogP contribution in [0.25, 0.3) is 0 Å². The van der Waals surface area contributed by atoms with Gasteiger partial charge in [-0.15, -0.1) is 0 Å². The number of methoxy groups -OCH3 is 1. The van der Waals surface area contributed by atoms with Gasteiger partial charge in [0.2, 0.25) is 0 Å². The zero-order valence-corrected chi connectivity index (χ0v) is 9.95. The fourth-order valence-electron chi connectivity index (χ4n) is 1.53. The van der Waals surface area contributed by atoms with Gasteiger partial charge in [0.15, 0.2) is 0 Å². The summed E-state index contributed by atoms with van der Waals surface area (Å²) in [5, 5.41) is 3.28. The van der Waals surface area contributed by atoms with Crippen molar-refractivity contribution in [2.75, 3.05) is 14.2 Å². The van der Waals surface area contributed by atoms with Crippen LogP contribution in [0.3, 0.4) is 0 Å². The van der Waals surface area contributed by atoms with Crippen molar-refractivity contribution in [3.63, 3.8) is 0 Å². The molecule has 1 N–H and O–H groups in total. The van der Waals surface area contributed by atoms with Crippen molar-refractivity contribution in [3.05, 3.63) is 29.6 Å². The first kappa shape index (κ1) is 12.1. The molecule has 0 radical (unpaired) electrons. The third kappa shape index (κ3) is 3.61. The number of hydrogen-bond donors (Lipinski definition) is 1. The predicted octanol–water partition coefficient (Wildman–Crippen LogP) is 2.08. The summed E-state index contributed by atoms with van der Waals surface area (Å²) in [7, 11) is 3.71. The highest BCUT2D eigenvalue weighted by molar-refractivity contribution is 5.17. The van der Waals surface area contributed by atoms with Gasteiger partial charge in [-0.2, -0.15) is 0 Å². The fourth-order valence-corrected chi connectivity index (χ4v) is 1.53. The van der Waals surface area contributed by atoms with E-state index in [1.165, 1.54) is 5.56 Å². The van der Waals surface area contributed by atoms with Gasteiger partial charge in [-0.05, 0) is 38.9 Å². The number of aryl methyl sites for hydroxylation is 1. The predicted molar refractivity (Wildman–Crippen MR) is 61.9 cm³/mol. The van der Waals surface area contributed by atoms with Crippen molar-refractivity contribution in [3.8, 4) is 0 Å². The standard InChI is InChI=1S/C12H20N2O/c1-9-5-6-11(8-14-9)12(13-3)7-10(2)15-4/h5-6,8,10,12-13H,7H2,1-4H3. The molecule has 1 aromatic heterocycles. The van der Waals surface area contributed by atoms with E-state index in [-0.39, 0.29) is 6.10 Å². The molecule has 15 heavy (non-hydrogen) atoms. The number of aromatic nitrogens is 1. The Labute approximate surface area is 91.9 Å². The summed E-state index contributed by atoms with van der Waals surface area (Å²) >= 11 is 0. The van der Waals surface area contributed by atoms with Gasteiger partial charge >= 0.3 is 0 Å². The van der Waals surface area contributed by atoms with Gasteiger partial charge in [-0.25, -0.2) is 0 Å². The Balaban J connectivity index is 2.69. The smallest absolute Gasteiger partial charge is 0.0561 e. The van der Waals surface area contributed by atoms with Crippen molar-refractivity contribution in [2.45, 2.75) is 32.4 Å². The number of nitrogens with zero attached hydrogens (tertiary/aromatic N) is 1. The first-order valence-corrected chi connectivity index (χ1v) is 5.30. The molecule has 1 aromatic rings. The zero-order valence-electron chi connectivity index (χ0n) is 9.95. The van der Waals surface area contributed by atoms with Crippen LogP contribution < -0.4 is 5.32 Å². The normalized spacial score (nSPS) is 14.9. The summed E-state index contributed by atoms with van der Waals surface area (Å²) in [4.78, 5) is 4.30. The van der Waals surface area contributed by atoms with Crippen molar-refractivity contribution < 1.29 is 4.74 Å². The first-order valence-electron chi connectivity index (χ1n) is 5.30. The van der Waals surface area contributed by atoms with Gasteiger partial charge in [0.05, 0.1) is 6.10 Å². The quantitative estimate of drug-likeness (QED) is 0.804. The molecule has 2 atom stereocenters. The maximum atomic E-state index is 5.27. The molecule has 2 unspecified atom stereocenters. The van der Waals surface area contributed by atoms with Crippen LogP contribution in [0.2, 0.25) is 0 Å². The molecule has 0 amide bonds. The van der Waals surface area contributed by atoms with E-state index in [1.54, 1.807) is 7.11 Å². The summed E-state index contributed by atoms with van der Waals surface area (Å²) in [6.07, 6.45) is 3.14. The maximum Gasteiger partial charge on any atom is 0.0561 e. The molecule has 0 bridgehead atoms. The molecule has 3 heteroatoms. The lowest BCUT2D eigenvalue weighted by atomic mass is 10.0. The Morgan fingerprint density at radius 3 is 2.67 bits per heavy atom. The second-order valence-corrected chi connectivity index (χ2v) is 3.86. The van der Waals surface area contributed by atoms with Crippen LogP contribution in [0.15, 0.2) is 18.3 Å². The minimum Gasteiger partial charge on any atom is -0.382 e. The van der Waals surface area contributed by atoms with Crippen molar-refractivity contribution >= 4 is 0 Å². The highest BCUT2D eigenvalue weighted by atomic mass is 16.5. The van der Waals surface area contributed by atoms with Gasteiger partial charge in [-0.3, -0.25) is 4.98 Å². The van der Waals surface area contributed by atoms with Crippen molar-refractivity contribution in [1.29, 1.82) is 0 Å². The molecule has 84 valence electrons. The van der Waals surface area contributed by atoms with Gasteiger partial charge in [0, 0.05) is 25.0 Å². The summed E-state index contributed by atoms with van der Waals surface area (Å²) in [6, 6.07) is 4.47. The summed E-state index contributed by atoms with van der Waals surface area (Å²) in [5.74, 6) is 0. The maximum absolute atomic E-state index is 5.27. The molecule has 1 rings (SSSR count). The molecule has 0 aliphatic carbocycles. The van der Waals surface area contributed by atoms with Gasteiger partial charge in [0.25, 0.3) is 0 Å². The molecule has 0 aliphatic rings. The number of ether oxygens (including phenoxy) is 1. The molecular weight excluding hydrogens is 188 g/mol. The second-order valence-electron chi connectivity index (χ2n) is 3.86. The van der Waals surface area contributed by atoms with E-state index >= 15 is 0 Å². The van der Waals surface area contributed by atoms with Crippen LogP contribution in [-0.4, -0.2) is 25.2 Å². The van der Waals surface area contributed by atoms with Crippen LogP contribution in [0.1, 0.15) is 30.6 Å². The van der Waals surface area contributed by atoms with E-state index in [4.69, 9.17) is 4.74 Å². The summed E-state index contributed by atoms with van der Waals surface area (Å²) in [6.45, 7) is 4.07. The van der Waals surface area contributed by atoms with E-state index in [0.29, 0.717) is 6.04 Å². The van der Waals surface area contributed by atoms with Crippen LogP contribution >= 0.6 is 0 Å². The molecule has 0 fully saturated rings. The highest BCUT2D eigenvalue weighted by Gasteiger charge is 2.13. The van der Waals surface area contributed by atoms with Crippen LogP contribution in [0, 0.1) is 6.92 Å².